The first-order chi connectivity index (χ1) is 65.3. The molecule has 0 saturated carbocycles. The second-order valence-corrected chi connectivity index (χ2v) is 46.6. The summed E-state index contributed by atoms with van der Waals surface area (Å²) < 4.78 is 58.4. The SMILES string of the molecule is Brc1cncc(-c2nc3ccccc3s2)c1.Brc1cncc(-c2nc3ccccc3s2)c1.CC1(C)OB(B2OC(C)(C)C(C)(C)O2)OC1(C)C.Cc1cc(-c2cncc(-c3nc4ccccc4s3)c2)cc(-c2cncc(-c3nc4ccccc4s3)c2)c1.Cc1cc(B2OC(C)(C)C(C)(C)O2)cc(B2OC(C)(C)C(C)(C)O2)c1.Cc1cc(Br)cc(Br)c1.Nc1ccccc1S.O=Cc1cncc(Br)c1. The van der Waals surface area contributed by atoms with Crippen molar-refractivity contribution in [2.24, 2.45) is 0 Å². The van der Waals surface area contributed by atoms with Crippen molar-refractivity contribution < 1.29 is 42.0 Å². The van der Waals surface area contributed by atoms with Crippen LogP contribution < -0.4 is 16.7 Å². The zero-order valence-corrected chi connectivity index (χ0v) is 92.1. The minimum atomic E-state index is -0.476. The van der Waals surface area contributed by atoms with E-state index in [4.69, 9.17) is 52.9 Å². The van der Waals surface area contributed by atoms with Gasteiger partial charge in [-0.3, -0.25) is 29.7 Å². The summed E-state index contributed by atoms with van der Waals surface area (Å²) in [6, 6.07) is 69.4. The number of aromatic nitrogens is 9. The topological polar surface area (TPSA) is 233 Å². The second kappa shape index (κ2) is 44.4. The van der Waals surface area contributed by atoms with Crippen molar-refractivity contribution in [3.05, 3.63) is 313 Å². The number of fused-ring (bicyclic) bond motifs is 4. The molecule has 9 aromatic heterocycles. The van der Waals surface area contributed by atoms with Crippen molar-refractivity contribution >= 4 is 230 Å². The Morgan fingerprint density at radius 2 is 0.572 bits per heavy atom. The fourth-order valence-corrected chi connectivity index (χ4v) is 20.9. The molecule has 0 bridgehead atoms. The molecule has 19 nitrogen and oxygen atoms in total. The van der Waals surface area contributed by atoms with Gasteiger partial charge in [-0.25, -0.2) is 19.9 Å². The van der Waals surface area contributed by atoms with E-state index in [1.165, 1.54) is 36.1 Å². The molecule has 4 saturated heterocycles. The monoisotopic (exact) mass is 2250 g/mol. The van der Waals surface area contributed by atoms with E-state index >= 15 is 0 Å². The van der Waals surface area contributed by atoms with Crippen molar-refractivity contribution in [2.45, 2.75) is 181 Å². The van der Waals surface area contributed by atoms with Crippen LogP contribution in [0, 0.1) is 20.8 Å². The van der Waals surface area contributed by atoms with Crippen LogP contribution in [-0.2, 0) is 37.2 Å². The van der Waals surface area contributed by atoms with Gasteiger partial charge in [-0.05, 0) is 328 Å². The molecule has 2 N–H and O–H groups in total. The summed E-state index contributed by atoms with van der Waals surface area (Å²) in [5.41, 5.74) is 22.2. The first kappa shape index (κ1) is 105. The van der Waals surface area contributed by atoms with Gasteiger partial charge in [-0.2, -0.15) is 0 Å². The molecule has 4 fully saturated rings. The number of benzene rings is 8. The third-order valence-corrected chi connectivity index (χ3v) is 31.5. The lowest BCUT2D eigenvalue weighted by atomic mass is 9.49. The predicted octanol–water partition coefficient (Wildman–Crippen LogP) is 28.5. The number of aryl methyl sites for hydroxylation is 3. The molecule has 4 aliphatic heterocycles. The van der Waals surface area contributed by atoms with Crippen LogP contribution in [0.3, 0.4) is 0 Å². The number of thiol groups is 1. The van der Waals surface area contributed by atoms with Gasteiger partial charge >= 0.3 is 28.3 Å². The molecule has 0 spiro atoms. The zero-order valence-electron chi connectivity index (χ0n) is 80.0. The Kier molecular flexibility index (Phi) is 33.8. The van der Waals surface area contributed by atoms with Crippen molar-refractivity contribution in [2.75, 3.05) is 5.73 Å². The fraction of sp³-hybridized carbons (Fsp3) is 0.257. The predicted molar refractivity (Wildman–Crippen MR) is 593 cm³/mol. The Hall–Kier alpha value is -8.77. The van der Waals surface area contributed by atoms with Gasteiger partial charge < -0.3 is 43.0 Å². The molecule has 8 aromatic carbocycles. The standard InChI is InChI=1S/C31H20N4S2.C19H30B2O4.C12H24B2O4.2C12H7BrN2S.C7H6Br2.C6H4BrNO.C6H7NS/c1-19-10-20(22-13-24(17-32-15-22)30-34-26-6-2-4-8-28(26)36-30)12-21(11-19)23-14-25(18-33-16-23)31-35-27-7-3-5-9-29(27)37-31;1-13-10-14(20-22-16(2,3)17(4,5)23-20)12-15(11-13)21-24-18(6,7)19(8,9)25-21;1-9(2)10(3,4)16-13(15-9)14-17-11(5,6)12(7,8)18-14;2*13-9-5-8(6-14-7-9)12-15-10-3-1-2-4-11(10)16-12;1-5-2-6(8)4-7(9)3-5;7-6-1-5(4-9)2-8-3-6;7-5-3-1-2-4-6(5)8/h2-18H,1H3;10-12H,1-9H3;1-8H3;2*1-7H;2-4H,1H3;1-4H;1-4,8H,7H2. The van der Waals surface area contributed by atoms with E-state index in [-0.39, 0.29) is 59.0 Å². The maximum atomic E-state index is 10.1. The molecule has 0 amide bonds. The number of nitrogens with zero attached hydrogens (tertiary/aromatic N) is 9. The third-order valence-electron chi connectivity index (χ3n) is 24.5. The van der Waals surface area contributed by atoms with E-state index in [1.807, 2.05) is 196 Å². The lowest BCUT2D eigenvalue weighted by Gasteiger charge is -2.32. The molecule has 33 heteroatoms. The van der Waals surface area contributed by atoms with Gasteiger partial charge in [0.15, 0.2) is 6.29 Å². The number of anilines is 1. The van der Waals surface area contributed by atoms with Gasteiger partial charge in [0.1, 0.15) is 20.0 Å². The Morgan fingerprint density at radius 1 is 0.297 bits per heavy atom. The number of carbonyl (C=O) groups excluding carboxylic acids is 1. The first-order valence-electron chi connectivity index (χ1n) is 44.5. The van der Waals surface area contributed by atoms with Gasteiger partial charge in [0.25, 0.3) is 0 Å². The maximum absolute atomic E-state index is 10.1. The molecular formula is C105H105B4Br5N10O9S5. The molecule has 0 atom stereocenters. The van der Waals surface area contributed by atoms with Crippen LogP contribution in [0.4, 0.5) is 5.69 Å². The van der Waals surface area contributed by atoms with E-state index in [1.54, 1.807) is 70.0 Å². The molecule has 706 valence electrons. The molecule has 13 heterocycles. The summed E-state index contributed by atoms with van der Waals surface area (Å²) >= 11 is 27.6. The average molecular weight is 2250 g/mol. The zero-order chi connectivity index (χ0) is 99.0. The van der Waals surface area contributed by atoms with E-state index in [9.17, 15) is 4.79 Å². The van der Waals surface area contributed by atoms with Crippen LogP contribution in [0.1, 0.15) is 138 Å². The van der Waals surface area contributed by atoms with E-state index in [2.05, 4.69) is 300 Å². The average Bonchev–Trinajstić information content (AvgIpc) is 1.60. The Balaban J connectivity index is 0.000000133. The van der Waals surface area contributed by atoms with Gasteiger partial charge in [0.2, 0.25) is 0 Å². The lowest BCUT2D eigenvalue weighted by Crippen LogP contribution is -2.41. The fourth-order valence-electron chi connectivity index (χ4n) is 14.3. The van der Waals surface area contributed by atoms with Crippen molar-refractivity contribution in [1.82, 2.24) is 44.9 Å². The summed E-state index contributed by atoms with van der Waals surface area (Å²) in [6.45, 7) is 39.0. The Bertz CT molecular complexity index is 6580. The number of nitrogens with two attached hydrogens (primary N) is 1. The number of rotatable bonds is 10. The summed E-state index contributed by atoms with van der Waals surface area (Å²) in [5.74, 6) is 0. The van der Waals surface area contributed by atoms with E-state index in [0.29, 0.717) is 5.56 Å². The van der Waals surface area contributed by atoms with Crippen LogP contribution in [0.25, 0.3) is 105 Å². The minimum Gasteiger partial charge on any atom is -0.405 e. The van der Waals surface area contributed by atoms with E-state index in [0.717, 1.165) is 142 Å². The molecule has 0 radical (unpaired) electrons. The quantitative estimate of drug-likeness (QED) is 0.0560. The molecule has 0 aliphatic carbocycles. The van der Waals surface area contributed by atoms with Gasteiger partial charge in [-0.1, -0.05) is 128 Å². The molecule has 0 unspecified atom stereocenters. The smallest absolute Gasteiger partial charge is 0.405 e. The summed E-state index contributed by atoms with van der Waals surface area (Å²) in [7, 11) is -1.72. The second-order valence-electron chi connectivity index (χ2n) is 37.4. The summed E-state index contributed by atoms with van der Waals surface area (Å²) in [5, 5.41) is 3.98. The molecule has 138 heavy (non-hydrogen) atoms. The number of para-hydroxylation sites is 5. The van der Waals surface area contributed by atoms with Crippen LogP contribution in [0.15, 0.2) is 295 Å². The Labute approximate surface area is 872 Å². The summed E-state index contributed by atoms with van der Waals surface area (Å²) in [4.78, 5) is 50.9. The lowest BCUT2D eigenvalue weighted by molar-refractivity contribution is 0.00578. The van der Waals surface area contributed by atoms with Crippen molar-refractivity contribution in [3.8, 4) is 64.5 Å². The number of carbonyl (C=O) groups is 1. The summed E-state index contributed by atoms with van der Waals surface area (Å²) in [6.07, 6.45) is 18.8. The number of pyridine rings is 5. The first-order valence-corrected chi connectivity index (χ1v) is 52.2. The molecule has 21 rings (SSSR count). The number of aldehydes is 1. The molecular weight excluding hydrogens is 2150 g/mol. The third kappa shape index (κ3) is 26.2. The van der Waals surface area contributed by atoms with Gasteiger partial charge in [0, 0.05) is 134 Å². The number of hydrogen-bond acceptors (Lipinski definition) is 24. The van der Waals surface area contributed by atoms with Gasteiger partial charge in [-0.15, -0.1) is 58.0 Å². The van der Waals surface area contributed by atoms with Gasteiger partial charge in [0.05, 0.1) is 85.7 Å². The number of nitrogen functional groups attached to an aromatic ring is 1. The van der Waals surface area contributed by atoms with Crippen LogP contribution in [-0.4, -0.2) is 124 Å². The van der Waals surface area contributed by atoms with Crippen LogP contribution >= 0.6 is 138 Å². The van der Waals surface area contributed by atoms with Crippen molar-refractivity contribution in [3.63, 3.8) is 0 Å². The number of halogens is 5. The van der Waals surface area contributed by atoms with E-state index < -0.39 is 14.0 Å². The highest BCUT2D eigenvalue weighted by Crippen LogP contribution is 2.46. The number of hydrogen-bond donors (Lipinski definition) is 2. The molecule has 17 aromatic rings. The Morgan fingerprint density at radius 3 is 0.870 bits per heavy atom. The molecule has 4 aliphatic rings. The highest BCUT2D eigenvalue weighted by molar-refractivity contribution is 9.11. The highest BCUT2D eigenvalue weighted by Gasteiger charge is 2.64. The number of thiazole rings is 4. The normalized spacial score (nSPS) is 16.2. The largest absolute Gasteiger partial charge is 0.494 e. The highest BCUT2D eigenvalue weighted by atomic mass is 79.9. The minimum absolute atomic E-state index is 0.355. The maximum Gasteiger partial charge on any atom is 0.494 e. The van der Waals surface area contributed by atoms with Crippen molar-refractivity contribution in [1.29, 1.82) is 0 Å². The van der Waals surface area contributed by atoms with Crippen LogP contribution in [0.5, 0.6) is 0 Å². The van der Waals surface area contributed by atoms with Crippen LogP contribution in [0.2, 0.25) is 0 Å².